The van der Waals surface area contributed by atoms with E-state index in [9.17, 15) is 4.79 Å². The van der Waals surface area contributed by atoms with Crippen LogP contribution in [0.25, 0.3) is 0 Å². The fraction of sp³-hybridized carbons (Fsp3) is 0.933. The third-order valence-corrected chi connectivity index (χ3v) is 4.40. The van der Waals surface area contributed by atoms with E-state index in [1.54, 1.807) is 0 Å². The van der Waals surface area contributed by atoms with Crippen LogP contribution in [0.4, 0.5) is 0 Å². The topological polar surface area (TPSA) is 46.3 Å². The molecule has 0 spiro atoms. The van der Waals surface area contributed by atoms with Crippen molar-refractivity contribution in [3.05, 3.63) is 0 Å². The Morgan fingerprint density at radius 1 is 1.39 bits per heavy atom. The van der Waals surface area contributed by atoms with Crippen molar-refractivity contribution in [1.29, 1.82) is 0 Å². The van der Waals surface area contributed by atoms with E-state index in [1.165, 1.54) is 19.3 Å². The summed E-state index contributed by atoms with van der Waals surface area (Å²) in [5.41, 5.74) is 5.77. The van der Waals surface area contributed by atoms with Crippen LogP contribution in [-0.4, -0.2) is 29.9 Å². The second-order valence-electron chi connectivity index (χ2n) is 6.79. The minimum atomic E-state index is 0.203. The first-order valence-electron chi connectivity index (χ1n) is 7.35. The van der Waals surface area contributed by atoms with Crippen LogP contribution >= 0.6 is 0 Å². The van der Waals surface area contributed by atoms with Gasteiger partial charge in [0, 0.05) is 19.0 Å². The molecule has 0 aliphatic heterocycles. The van der Waals surface area contributed by atoms with Crippen molar-refractivity contribution < 1.29 is 4.79 Å². The summed E-state index contributed by atoms with van der Waals surface area (Å²) in [6.45, 7) is 10.3. The van der Waals surface area contributed by atoms with Gasteiger partial charge in [0.15, 0.2) is 0 Å². The molecule has 0 aromatic heterocycles. The highest BCUT2D eigenvalue weighted by atomic mass is 16.2. The zero-order valence-electron chi connectivity index (χ0n) is 12.5. The SMILES string of the molecule is CC(CC(=O)N(CCCN)C1CCC1)C(C)(C)C. The molecule has 1 amide bonds. The molecule has 0 heterocycles. The number of nitrogens with zero attached hydrogens (tertiary/aromatic N) is 1. The summed E-state index contributed by atoms with van der Waals surface area (Å²) in [6.07, 6.45) is 5.23. The molecule has 0 bridgehead atoms. The number of hydrogen-bond acceptors (Lipinski definition) is 2. The molecule has 0 aromatic rings. The summed E-state index contributed by atoms with van der Waals surface area (Å²) in [5.74, 6) is 0.751. The van der Waals surface area contributed by atoms with E-state index in [1.807, 2.05) is 0 Å². The smallest absolute Gasteiger partial charge is 0.223 e. The number of carbonyl (C=O) groups excluding carboxylic acids is 1. The standard InChI is InChI=1S/C15H30N2O/c1-12(15(2,3)4)11-14(18)17(10-6-9-16)13-7-5-8-13/h12-13H,5-11,16H2,1-4H3. The number of hydrogen-bond donors (Lipinski definition) is 1. The Morgan fingerprint density at radius 2 is 2.00 bits per heavy atom. The Balaban J connectivity index is 2.53. The maximum Gasteiger partial charge on any atom is 0.223 e. The van der Waals surface area contributed by atoms with Crippen LogP contribution in [-0.2, 0) is 4.79 Å². The van der Waals surface area contributed by atoms with E-state index >= 15 is 0 Å². The van der Waals surface area contributed by atoms with E-state index in [0.29, 0.717) is 30.8 Å². The van der Waals surface area contributed by atoms with E-state index in [0.717, 1.165) is 13.0 Å². The molecular weight excluding hydrogens is 224 g/mol. The molecule has 2 N–H and O–H groups in total. The van der Waals surface area contributed by atoms with Gasteiger partial charge in [-0.2, -0.15) is 0 Å². The van der Waals surface area contributed by atoms with Crippen molar-refractivity contribution in [3.63, 3.8) is 0 Å². The Labute approximate surface area is 112 Å². The fourth-order valence-corrected chi connectivity index (χ4v) is 2.16. The van der Waals surface area contributed by atoms with Gasteiger partial charge in [-0.3, -0.25) is 4.79 Å². The van der Waals surface area contributed by atoms with Gasteiger partial charge in [0.1, 0.15) is 0 Å². The van der Waals surface area contributed by atoms with Gasteiger partial charge in [-0.05, 0) is 43.6 Å². The first-order chi connectivity index (χ1) is 8.36. The predicted molar refractivity (Wildman–Crippen MR) is 76.3 cm³/mol. The van der Waals surface area contributed by atoms with Crippen LogP contribution in [0.2, 0.25) is 0 Å². The molecule has 1 atom stereocenters. The minimum absolute atomic E-state index is 0.203. The van der Waals surface area contributed by atoms with Gasteiger partial charge < -0.3 is 10.6 Å². The molecule has 1 rings (SSSR count). The Hall–Kier alpha value is -0.570. The Morgan fingerprint density at radius 3 is 2.39 bits per heavy atom. The molecule has 1 aliphatic rings. The second kappa shape index (κ2) is 6.55. The molecule has 0 saturated heterocycles. The molecule has 18 heavy (non-hydrogen) atoms. The van der Waals surface area contributed by atoms with Crippen molar-refractivity contribution in [2.75, 3.05) is 13.1 Å². The van der Waals surface area contributed by atoms with E-state index in [2.05, 4.69) is 32.6 Å². The lowest BCUT2D eigenvalue weighted by molar-refractivity contribution is -0.137. The van der Waals surface area contributed by atoms with Crippen LogP contribution in [0, 0.1) is 11.3 Å². The monoisotopic (exact) mass is 254 g/mol. The number of rotatable bonds is 6. The van der Waals surface area contributed by atoms with Gasteiger partial charge in [0.25, 0.3) is 0 Å². The van der Waals surface area contributed by atoms with Gasteiger partial charge in [-0.25, -0.2) is 0 Å². The van der Waals surface area contributed by atoms with Crippen LogP contribution in [0.3, 0.4) is 0 Å². The second-order valence-corrected chi connectivity index (χ2v) is 6.79. The van der Waals surface area contributed by atoms with E-state index < -0.39 is 0 Å². The Kier molecular flexibility index (Phi) is 5.64. The average molecular weight is 254 g/mol. The zero-order valence-corrected chi connectivity index (χ0v) is 12.5. The number of nitrogens with two attached hydrogens (primary N) is 1. The molecule has 0 aromatic carbocycles. The van der Waals surface area contributed by atoms with Crippen molar-refractivity contribution in [3.8, 4) is 0 Å². The van der Waals surface area contributed by atoms with Crippen molar-refractivity contribution in [2.24, 2.45) is 17.1 Å². The summed E-state index contributed by atoms with van der Waals surface area (Å²) < 4.78 is 0. The van der Waals surface area contributed by atoms with Crippen LogP contribution in [0.5, 0.6) is 0 Å². The largest absolute Gasteiger partial charge is 0.340 e. The van der Waals surface area contributed by atoms with Gasteiger partial charge in [0.05, 0.1) is 0 Å². The minimum Gasteiger partial charge on any atom is -0.340 e. The van der Waals surface area contributed by atoms with Crippen molar-refractivity contribution >= 4 is 5.91 Å². The van der Waals surface area contributed by atoms with Crippen LogP contribution in [0.15, 0.2) is 0 Å². The normalized spacial score (nSPS) is 18.3. The highest BCUT2D eigenvalue weighted by Gasteiger charge is 2.31. The summed E-state index contributed by atoms with van der Waals surface area (Å²) >= 11 is 0. The predicted octanol–water partition coefficient (Wildman–Crippen LogP) is 2.79. The molecule has 1 aliphatic carbocycles. The lowest BCUT2D eigenvalue weighted by Crippen LogP contribution is -2.46. The van der Waals surface area contributed by atoms with Gasteiger partial charge in [-0.1, -0.05) is 27.7 Å². The maximum atomic E-state index is 12.4. The first-order valence-corrected chi connectivity index (χ1v) is 7.35. The lowest BCUT2D eigenvalue weighted by atomic mass is 9.79. The van der Waals surface area contributed by atoms with E-state index in [4.69, 9.17) is 5.73 Å². The Bertz CT molecular complexity index is 266. The van der Waals surface area contributed by atoms with Crippen LogP contribution in [0.1, 0.15) is 59.8 Å². The highest BCUT2D eigenvalue weighted by Crippen LogP contribution is 2.31. The summed E-state index contributed by atoms with van der Waals surface area (Å²) in [7, 11) is 0. The number of amides is 1. The number of carbonyl (C=O) groups is 1. The maximum absolute atomic E-state index is 12.4. The highest BCUT2D eigenvalue weighted by molar-refractivity contribution is 5.77. The van der Waals surface area contributed by atoms with Crippen molar-refractivity contribution in [1.82, 2.24) is 4.90 Å². The summed E-state index contributed by atoms with van der Waals surface area (Å²) in [6, 6.07) is 0.496. The lowest BCUT2D eigenvalue weighted by Gasteiger charge is -2.39. The molecule has 1 fully saturated rings. The first kappa shape index (κ1) is 15.5. The van der Waals surface area contributed by atoms with Gasteiger partial charge in [0.2, 0.25) is 5.91 Å². The third-order valence-electron chi connectivity index (χ3n) is 4.40. The molecule has 1 saturated carbocycles. The average Bonchev–Trinajstić information content (AvgIpc) is 2.19. The third kappa shape index (κ3) is 4.27. The molecular formula is C15H30N2O. The molecule has 3 heteroatoms. The van der Waals surface area contributed by atoms with Gasteiger partial charge >= 0.3 is 0 Å². The van der Waals surface area contributed by atoms with Gasteiger partial charge in [-0.15, -0.1) is 0 Å². The summed E-state index contributed by atoms with van der Waals surface area (Å²) in [4.78, 5) is 14.5. The fourth-order valence-electron chi connectivity index (χ4n) is 2.16. The zero-order chi connectivity index (χ0) is 13.8. The molecule has 0 radical (unpaired) electrons. The summed E-state index contributed by atoms with van der Waals surface area (Å²) in [5, 5.41) is 0. The van der Waals surface area contributed by atoms with Crippen LogP contribution < -0.4 is 5.73 Å². The van der Waals surface area contributed by atoms with Crippen molar-refractivity contribution in [2.45, 2.75) is 65.8 Å². The van der Waals surface area contributed by atoms with E-state index in [-0.39, 0.29) is 5.41 Å². The molecule has 1 unspecified atom stereocenters. The molecule has 106 valence electrons. The quantitative estimate of drug-likeness (QED) is 0.792. The molecule has 3 nitrogen and oxygen atoms in total.